The van der Waals surface area contributed by atoms with Crippen molar-refractivity contribution in [1.29, 1.82) is 0 Å². The highest BCUT2D eigenvalue weighted by molar-refractivity contribution is 6.19. The van der Waals surface area contributed by atoms with Crippen LogP contribution >= 0.6 is 0 Å². The topological polar surface area (TPSA) is 87.0 Å². The molecule has 0 bridgehead atoms. The second-order valence-electron chi connectivity index (χ2n) is 6.36. The molecule has 2 aliphatic rings. The minimum Gasteiger partial charge on any atom is -0.365 e. The third-order valence-electron chi connectivity index (χ3n) is 4.87. The van der Waals surface area contributed by atoms with Crippen LogP contribution < -0.4 is 16.0 Å². The maximum absolute atomic E-state index is 11.9. The van der Waals surface area contributed by atoms with Gasteiger partial charge in [-0.05, 0) is 38.1 Å². The Labute approximate surface area is 140 Å². The van der Waals surface area contributed by atoms with Gasteiger partial charge in [0.15, 0.2) is 0 Å². The lowest BCUT2D eigenvalue weighted by Crippen LogP contribution is -2.29. The summed E-state index contributed by atoms with van der Waals surface area (Å²) in [5, 5.41) is 11.0. The van der Waals surface area contributed by atoms with Crippen LogP contribution in [-0.2, 0) is 11.3 Å². The number of nitrogens with one attached hydrogen (secondary N) is 2. The van der Waals surface area contributed by atoms with Crippen molar-refractivity contribution in [2.75, 3.05) is 18.0 Å². The number of aromatic nitrogens is 2. The molecular weight excluding hydrogens is 302 g/mol. The smallest absolute Gasteiger partial charge is 0.252 e. The van der Waals surface area contributed by atoms with Gasteiger partial charge >= 0.3 is 0 Å². The van der Waals surface area contributed by atoms with E-state index in [-0.39, 0.29) is 0 Å². The number of carbonyl (C=O) groups is 1. The molecule has 124 valence electrons. The summed E-state index contributed by atoms with van der Waals surface area (Å²) in [5.41, 5.74) is 10.1. The van der Waals surface area contributed by atoms with Gasteiger partial charge in [-0.3, -0.25) is 9.89 Å². The maximum atomic E-state index is 11.9. The van der Waals surface area contributed by atoms with Crippen molar-refractivity contribution in [2.24, 2.45) is 5.73 Å². The van der Waals surface area contributed by atoms with E-state index < -0.39 is 5.91 Å². The normalized spacial score (nSPS) is 18.2. The molecule has 6 heteroatoms. The highest BCUT2D eigenvalue weighted by Gasteiger charge is 2.30. The Hall–Kier alpha value is -2.60. The number of hydrogen-bond donors (Lipinski definition) is 3. The molecule has 1 saturated heterocycles. The van der Waals surface area contributed by atoms with Crippen LogP contribution in [0.2, 0.25) is 0 Å². The highest BCUT2D eigenvalue weighted by Crippen LogP contribution is 2.35. The Balaban J connectivity index is 1.75. The summed E-state index contributed by atoms with van der Waals surface area (Å²) in [5.74, 6) is 0.00703. The van der Waals surface area contributed by atoms with Gasteiger partial charge in [0, 0.05) is 29.1 Å². The van der Waals surface area contributed by atoms with Crippen molar-refractivity contribution in [1.82, 2.24) is 15.5 Å². The van der Waals surface area contributed by atoms with Gasteiger partial charge in [-0.25, -0.2) is 0 Å². The van der Waals surface area contributed by atoms with E-state index in [0.717, 1.165) is 42.9 Å². The quantitative estimate of drug-likeness (QED) is 0.803. The molecule has 2 aromatic rings. The number of hydrogen-bond acceptors (Lipinski definition) is 4. The lowest BCUT2D eigenvalue weighted by Gasteiger charge is -2.28. The molecule has 1 fully saturated rings. The fourth-order valence-electron chi connectivity index (χ4n) is 3.61. The molecule has 4 rings (SSSR count). The average molecular weight is 323 g/mol. The fourth-order valence-corrected chi connectivity index (χ4v) is 3.61. The zero-order chi connectivity index (χ0) is 16.5. The molecule has 6 nitrogen and oxygen atoms in total. The van der Waals surface area contributed by atoms with E-state index in [0.29, 0.717) is 23.7 Å². The molecule has 2 aliphatic heterocycles. The van der Waals surface area contributed by atoms with Crippen molar-refractivity contribution in [3.05, 3.63) is 53.5 Å². The van der Waals surface area contributed by atoms with E-state index in [1.54, 1.807) is 0 Å². The number of piperidine rings is 1. The summed E-state index contributed by atoms with van der Waals surface area (Å²) in [6.07, 6.45) is 3.97. The summed E-state index contributed by atoms with van der Waals surface area (Å²) in [7, 11) is 0. The highest BCUT2D eigenvalue weighted by atomic mass is 16.1. The lowest BCUT2D eigenvalue weighted by atomic mass is 9.89. The second kappa shape index (κ2) is 6.13. The van der Waals surface area contributed by atoms with Crippen LogP contribution in [-0.4, -0.2) is 29.2 Å². The molecule has 0 unspecified atom stereocenters. The summed E-state index contributed by atoms with van der Waals surface area (Å²) in [6.45, 7) is 2.73. The summed E-state index contributed by atoms with van der Waals surface area (Å²) >= 11 is 0. The predicted octanol–water partition coefficient (Wildman–Crippen LogP) is 1.72. The molecule has 3 heterocycles. The number of benzene rings is 1. The number of amides is 1. The third kappa shape index (κ3) is 2.59. The Kier molecular flexibility index (Phi) is 3.82. The van der Waals surface area contributed by atoms with Crippen molar-refractivity contribution < 1.29 is 4.79 Å². The molecule has 24 heavy (non-hydrogen) atoms. The van der Waals surface area contributed by atoms with Crippen LogP contribution in [0.25, 0.3) is 5.57 Å². The molecule has 1 aromatic carbocycles. The van der Waals surface area contributed by atoms with Crippen molar-refractivity contribution in [2.45, 2.75) is 25.3 Å². The number of carbonyl (C=O) groups excluding carboxylic acids is 1. The van der Waals surface area contributed by atoms with Crippen LogP contribution in [0.3, 0.4) is 0 Å². The minimum atomic E-state index is -0.444. The molecule has 4 N–H and O–H groups in total. The molecule has 1 amide bonds. The summed E-state index contributed by atoms with van der Waals surface area (Å²) < 4.78 is 0. The molecule has 1 aromatic heterocycles. The fraction of sp³-hybridized carbons (Fsp3) is 0.333. The van der Waals surface area contributed by atoms with Crippen molar-refractivity contribution >= 4 is 17.2 Å². The Bertz CT molecular complexity index is 774. The van der Waals surface area contributed by atoms with Gasteiger partial charge in [0.2, 0.25) is 0 Å². The van der Waals surface area contributed by atoms with Gasteiger partial charge in [-0.1, -0.05) is 18.2 Å². The third-order valence-corrected chi connectivity index (χ3v) is 4.87. The number of rotatable bonds is 3. The lowest BCUT2D eigenvalue weighted by molar-refractivity contribution is -0.112. The summed E-state index contributed by atoms with van der Waals surface area (Å²) in [4.78, 5) is 14.0. The largest absolute Gasteiger partial charge is 0.365 e. The van der Waals surface area contributed by atoms with E-state index in [1.165, 1.54) is 0 Å². The molecule has 0 saturated carbocycles. The molecule has 0 aliphatic carbocycles. The Morgan fingerprint density at radius 1 is 1.21 bits per heavy atom. The number of primary amides is 1. The Morgan fingerprint density at radius 2 is 1.96 bits per heavy atom. The van der Waals surface area contributed by atoms with Crippen LogP contribution in [0, 0.1) is 0 Å². The molecule has 0 atom stereocenters. The summed E-state index contributed by atoms with van der Waals surface area (Å²) in [6, 6.07) is 10.0. The minimum absolute atomic E-state index is 0.444. The van der Waals surface area contributed by atoms with E-state index in [9.17, 15) is 4.79 Å². The number of nitrogens with two attached hydrogens (primary N) is 1. The Morgan fingerprint density at radius 3 is 2.67 bits per heavy atom. The first-order chi connectivity index (χ1) is 11.7. The van der Waals surface area contributed by atoms with Gasteiger partial charge in [0.1, 0.15) is 5.69 Å². The zero-order valence-electron chi connectivity index (χ0n) is 13.5. The monoisotopic (exact) mass is 323 g/mol. The number of H-pyrrole nitrogens is 1. The number of aromatic amines is 1. The van der Waals surface area contributed by atoms with Gasteiger partial charge in [0.05, 0.1) is 12.1 Å². The van der Waals surface area contributed by atoms with Crippen molar-refractivity contribution in [3.63, 3.8) is 0 Å². The van der Waals surface area contributed by atoms with Crippen LogP contribution in [0.4, 0.5) is 5.69 Å². The molecule has 0 spiro atoms. The number of anilines is 1. The molecule has 0 radical (unpaired) electrons. The van der Waals surface area contributed by atoms with E-state index in [1.807, 2.05) is 36.5 Å². The van der Waals surface area contributed by atoms with Crippen LogP contribution in [0.15, 0.2) is 36.5 Å². The second-order valence-corrected chi connectivity index (χ2v) is 6.36. The zero-order valence-corrected chi connectivity index (χ0v) is 13.5. The van der Waals surface area contributed by atoms with E-state index in [2.05, 4.69) is 20.4 Å². The van der Waals surface area contributed by atoms with Crippen LogP contribution in [0.1, 0.15) is 35.7 Å². The van der Waals surface area contributed by atoms with E-state index >= 15 is 0 Å². The number of para-hydroxylation sites is 1. The molecular formula is C18H21N5O. The van der Waals surface area contributed by atoms with Gasteiger partial charge in [0.25, 0.3) is 5.91 Å². The first-order valence-electron chi connectivity index (χ1n) is 8.35. The van der Waals surface area contributed by atoms with Gasteiger partial charge in [-0.15, -0.1) is 0 Å². The first-order valence-corrected chi connectivity index (χ1v) is 8.35. The SMILES string of the molecule is NC(=O)C1=CN(c2ccccc2)Cc2c1n[nH]c2C1CCNCC1. The van der Waals surface area contributed by atoms with Crippen LogP contribution in [0.5, 0.6) is 0 Å². The number of fused-ring (bicyclic) bond motifs is 1. The predicted molar refractivity (Wildman–Crippen MR) is 93.2 cm³/mol. The van der Waals surface area contributed by atoms with E-state index in [4.69, 9.17) is 5.73 Å². The standard InChI is InChI=1S/C18H21N5O/c19-18(24)15-11-23(13-4-2-1-3-5-13)10-14-16(21-22-17(14)15)12-6-8-20-9-7-12/h1-5,11-12,20H,6-10H2,(H2,19,24)(H,21,22). The van der Waals surface area contributed by atoms with Gasteiger partial charge in [-0.2, -0.15) is 5.10 Å². The maximum Gasteiger partial charge on any atom is 0.252 e. The van der Waals surface area contributed by atoms with Crippen molar-refractivity contribution in [3.8, 4) is 0 Å². The first kappa shape index (κ1) is 15.0. The van der Waals surface area contributed by atoms with Gasteiger partial charge < -0.3 is 16.0 Å². The number of nitrogens with zero attached hydrogens (tertiary/aromatic N) is 2. The average Bonchev–Trinajstić information content (AvgIpc) is 3.06.